The van der Waals surface area contributed by atoms with E-state index >= 15 is 0 Å². The van der Waals surface area contributed by atoms with E-state index in [2.05, 4.69) is 11.4 Å². The van der Waals surface area contributed by atoms with Crippen molar-refractivity contribution >= 4 is 13.6 Å². The standard InChI is InChI=1S/C26H54NO7P/c1-5-6-7-8-9-10-11-12-13-14-15-16-17-18-19-20-25(30)26(21-27(2,3)4)34-35(31,32)33-23-24(29)22-28/h24,26,28-29H,5-23H2,1-4H3/t24-,26?/m1/s1. The van der Waals surface area contributed by atoms with Crippen molar-refractivity contribution in [2.24, 2.45) is 0 Å². The predicted molar refractivity (Wildman–Crippen MR) is 139 cm³/mol. The minimum absolute atomic E-state index is 0.190. The molecule has 8 nitrogen and oxygen atoms in total. The Morgan fingerprint density at radius 2 is 1.29 bits per heavy atom. The Labute approximate surface area is 214 Å². The molecule has 0 bridgehead atoms. The smallest absolute Gasteiger partial charge is 0.268 e. The van der Waals surface area contributed by atoms with E-state index in [0.717, 1.165) is 12.8 Å². The van der Waals surface area contributed by atoms with E-state index in [0.29, 0.717) is 10.9 Å². The lowest BCUT2D eigenvalue weighted by Crippen LogP contribution is -2.45. The molecule has 0 aromatic rings. The molecule has 0 aromatic carbocycles. The summed E-state index contributed by atoms with van der Waals surface area (Å²) in [6.07, 6.45) is 16.4. The summed E-state index contributed by atoms with van der Waals surface area (Å²) in [4.78, 5) is 24.8. The number of nitrogens with zero attached hydrogens (tertiary/aromatic N) is 1. The lowest BCUT2D eigenvalue weighted by molar-refractivity contribution is -0.872. The molecule has 2 unspecified atom stereocenters. The van der Waals surface area contributed by atoms with Crippen LogP contribution >= 0.6 is 7.82 Å². The molecule has 0 rings (SSSR count). The summed E-state index contributed by atoms with van der Waals surface area (Å²) in [5.74, 6) is -0.255. The van der Waals surface area contributed by atoms with Crippen LogP contribution in [0.15, 0.2) is 0 Å². The molecular weight excluding hydrogens is 469 g/mol. The highest BCUT2D eigenvalue weighted by Crippen LogP contribution is 2.40. The summed E-state index contributed by atoms with van der Waals surface area (Å²) in [7, 11) is 0.769. The monoisotopic (exact) mass is 523 g/mol. The van der Waals surface area contributed by atoms with Crippen molar-refractivity contribution in [2.75, 3.05) is 40.9 Å². The number of aliphatic hydroxyl groups is 2. The summed E-state index contributed by atoms with van der Waals surface area (Å²) in [5.41, 5.74) is 0. The minimum Gasteiger partial charge on any atom is -0.756 e. The van der Waals surface area contributed by atoms with Crippen LogP contribution in [0.25, 0.3) is 0 Å². The third-order valence-corrected chi connectivity index (χ3v) is 6.97. The molecule has 0 aliphatic rings. The average molecular weight is 524 g/mol. The summed E-state index contributed by atoms with van der Waals surface area (Å²) in [6, 6.07) is 0. The fourth-order valence-electron chi connectivity index (χ4n) is 3.94. The molecule has 0 spiro atoms. The van der Waals surface area contributed by atoms with Crippen molar-refractivity contribution < 1.29 is 38.0 Å². The second-order valence-corrected chi connectivity index (χ2v) is 12.2. The number of phosphoric acid groups is 1. The molecule has 0 saturated carbocycles. The van der Waals surface area contributed by atoms with Gasteiger partial charge in [-0.2, -0.15) is 0 Å². The summed E-state index contributed by atoms with van der Waals surface area (Å²) < 4.78 is 22.1. The van der Waals surface area contributed by atoms with Gasteiger partial charge in [0.15, 0.2) is 11.9 Å². The number of aliphatic hydroxyl groups excluding tert-OH is 2. The van der Waals surface area contributed by atoms with Gasteiger partial charge in [-0.05, 0) is 6.42 Å². The van der Waals surface area contributed by atoms with Crippen LogP contribution in [-0.2, 0) is 18.4 Å². The van der Waals surface area contributed by atoms with Gasteiger partial charge in [0, 0.05) is 6.42 Å². The second-order valence-electron chi connectivity index (χ2n) is 10.8. The first kappa shape index (κ1) is 34.7. The van der Waals surface area contributed by atoms with E-state index in [1.807, 2.05) is 21.1 Å². The van der Waals surface area contributed by atoms with Gasteiger partial charge in [0.25, 0.3) is 7.82 Å². The van der Waals surface area contributed by atoms with E-state index < -0.39 is 33.2 Å². The second kappa shape index (κ2) is 20.7. The number of quaternary nitrogens is 1. The first-order valence-corrected chi connectivity index (χ1v) is 15.2. The molecule has 9 heteroatoms. The van der Waals surface area contributed by atoms with Crippen LogP contribution in [0.5, 0.6) is 0 Å². The van der Waals surface area contributed by atoms with Crippen LogP contribution in [0, 0.1) is 0 Å². The highest BCUT2D eigenvalue weighted by Gasteiger charge is 2.30. The van der Waals surface area contributed by atoms with Crippen molar-refractivity contribution in [1.82, 2.24) is 0 Å². The lowest BCUT2D eigenvalue weighted by Gasteiger charge is -2.32. The number of unbranched alkanes of at least 4 members (excludes halogenated alkanes) is 14. The molecule has 0 radical (unpaired) electrons. The Bertz CT molecular complexity index is 568. The van der Waals surface area contributed by atoms with Gasteiger partial charge in [0.1, 0.15) is 12.6 Å². The number of hydrogen-bond donors (Lipinski definition) is 2. The molecule has 0 aromatic heterocycles. The van der Waals surface area contributed by atoms with Gasteiger partial charge >= 0.3 is 0 Å². The maximum Gasteiger partial charge on any atom is 0.268 e. The van der Waals surface area contributed by atoms with Crippen molar-refractivity contribution in [3.8, 4) is 0 Å². The highest BCUT2D eigenvalue weighted by molar-refractivity contribution is 7.45. The SMILES string of the molecule is CCCCCCCCCCCCCCCCCC(=O)C(C[N+](C)(C)C)OP(=O)([O-])OC[C@H](O)CO. The molecule has 0 fully saturated rings. The molecule has 35 heavy (non-hydrogen) atoms. The zero-order valence-electron chi connectivity index (χ0n) is 22.9. The number of hydrogen-bond acceptors (Lipinski definition) is 7. The molecule has 0 saturated heterocycles. The van der Waals surface area contributed by atoms with Crippen LogP contribution in [-0.4, -0.2) is 73.6 Å². The maximum absolute atomic E-state index is 12.7. The van der Waals surface area contributed by atoms with E-state index in [4.69, 9.17) is 9.63 Å². The van der Waals surface area contributed by atoms with Gasteiger partial charge in [0.2, 0.25) is 0 Å². The summed E-state index contributed by atoms with van der Waals surface area (Å²) >= 11 is 0. The number of Topliss-reactive ketones (excluding diaryl/α,β-unsaturated/α-hetero) is 1. The third-order valence-electron chi connectivity index (χ3n) is 5.99. The zero-order valence-corrected chi connectivity index (χ0v) is 23.8. The largest absolute Gasteiger partial charge is 0.756 e. The van der Waals surface area contributed by atoms with Crippen molar-refractivity contribution in [1.29, 1.82) is 0 Å². The quantitative estimate of drug-likeness (QED) is 0.101. The maximum atomic E-state index is 12.7. The molecule has 0 heterocycles. The Balaban J connectivity index is 4.05. The summed E-state index contributed by atoms with van der Waals surface area (Å²) in [6.45, 7) is 1.21. The Kier molecular flexibility index (Phi) is 20.5. The van der Waals surface area contributed by atoms with Crippen LogP contribution < -0.4 is 4.89 Å². The minimum atomic E-state index is -4.78. The number of carbonyl (C=O) groups is 1. The Morgan fingerprint density at radius 1 is 0.857 bits per heavy atom. The number of carbonyl (C=O) groups excluding carboxylic acids is 1. The Morgan fingerprint density at radius 3 is 1.69 bits per heavy atom. The van der Waals surface area contributed by atoms with Crippen LogP contribution in [0.3, 0.4) is 0 Å². The number of rotatable bonds is 25. The van der Waals surface area contributed by atoms with Crippen molar-refractivity contribution in [3.05, 3.63) is 0 Å². The summed E-state index contributed by atoms with van der Waals surface area (Å²) in [5, 5.41) is 18.1. The van der Waals surface area contributed by atoms with Crippen LogP contribution in [0.1, 0.15) is 110 Å². The first-order chi connectivity index (χ1) is 16.5. The van der Waals surface area contributed by atoms with Gasteiger partial charge in [-0.3, -0.25) is 9.36 Å². The first-order valence-electron chi connectivity index (χ1n) is 13.8. The van der Waals surface area contributed by atoms with E-state index in [1.54, 1.807) is 0 Å². The average Bonchev–Trinajstić information content (AvgIpc) is 2.78. The van der Waals surface area contributed by atoms with E-state index in [1.165, 1.54) is 77.0 Å². The van der Waals surface area contributed by atoms with Crippen molar-refractivity contribution in [3.63, 3.8) is 0 Å². The molecule has 0 amide bonds. The molecule has 210 valence electrons. The molecule has 2 N–H and O–H groups in total. The number of ketones is 1. The molecule has 3 atom stereocenters. The Hall–Kier alpha value is -0.340. The van der Waals surface area contributed by atoms with Crippen molar-refractivity contribution in [2.45, 2.75) is 122 Å². The van der Waals surface area contributed by atoms with E-state index in [9.17, 15) is 19.4 Å². The third kappa shape index (κ3) is 22.6. The fraction of sp³-hybridized carbons (Fsp3) is 0.962. The molecule has 0 aliphatic carbocycles. The lowest BCUT2D eigenvalue weighted by atomic mass is 10.0. The normalized spacial score (nSPS) is 15.6. The number of phosphoric ester groups is 1. The molecule has 0 aliphatic heterocycles. The highest BCUT2D eigenvalue weighted by atomic mass is 31.2. The topological polar surface area (TPSA) is 116 Å². The van der Waals surface area contributed by atoms with Gasteiger partial charge in [-0.25, -0.2) is 0 Å². The van der Waals surface area contributed by atoms with Gasteiger partial charge in [-0.1, -0.05) is 96.8 Å². The van der Waals surface area contributed by atoms with Gasteiger partial charge in [-0.15, -0.1) is 0 Å². The molecular formula is C26H54NO7P. The fourth-order valence-corrected chi connectivity index (χ4v) is 4.85. The predicted octanol–water partition coefficient (Wildman–Crippen LogP) is 4.75. The van der Waals surface area contributed by atoms with Gasteiger partial charge < -0.3 is 28.6 Å². The van der Waals surface area contributed by atoms with E-state index in [-0.39, 0.29) is 18.7 Å². The zero-order chi connectivity index (χ0) is 26.6. The van der Waals surface area contributed by atoms with Crippen LogP contribution in [0.2, 0.25) is 0 Å². The van der Waals surface area contributed by atoms with Crippen LogP contribution in [0.4, 0.5) is 0 Å². The number of likely N-dealkylation sites (N-methyl/N-ethyl adjacent to an activating group) is 1. The van der Waals surface area contributed by atoms with Gasteiger partial charge in [0.05, 0.1) is 34.4 Å².